The molecule has 1 heterocycles. The Bertz CT molecular complexity index is 888. The highest BCUT2D eigenvalue weighted by Crippen LogP contribution is 2.43. The van der Waals surface area contributed by atoms with Gasteiger partial charge < -0.3 is 38.3 Å². The maximum Gasteiger partial charge on any atom is 0.203 e. The molecule has 8 nitrogen and oxygen atoms in total. The van der Waals surface area contributed by atoms with Crippen LogP contribution < -0.4 is 28.4 Å². The van der Waals surface area contributed by atoms with Gasteiger partial charge in [-0.2, -0.15) is 0 Å². The van der Waals surface area contributed by atoms with Crippen LogP contribution in [0.3, 0.4) is 0 Å². The van der Waals surface area contributed by atoms with E-state index in [0.29, 0.717) is 53.9 Å². The Labute approximate surface area is 188 Å². The number of aliphatic hydroxyl groups excluding tert-OH is 1. The fourth-order valence-electron chi connectivity index (χ4n) is 4.31. The maximum atomic E-state index is 10.6. The van der Waals surface area contributed by atoms with Gasteiger partial charge in [0, 0.05) is 5.92 Å². The van der Waals surface area contributed by atoms with Crippen molar-refractivity contribution in [3.63, 3.8) is 0 Å². The smallest absolute Gasteiger partial charge is 0.203 e. The molecule has 1 N–H and O–H groups in total. The summed E-state index contributed by atoms with van der Waals surface area (Å²) in [5, 5.41) is 10.6. The van der Waals surface area contributed by atoms with Gasteiger partial charge in [0.2, 0.25) is 11.5 Å². The third-order valence-corrected chi connectivity index (χ3v) is 5.92. The van der Waals surface area contributed by atoms with Gasteiger partial charge in [-0.1, -0.05) is 6.07 Å². The second-order valence-electron chi connectivity index (χ2n) is 7.58. The summed E-state index contributed by atoms with van der Waals surface area (Å²) in [5.74, 6) is 3.40. The van der Waals surface area contributed by atoms with E-state index in [1.807, 2.05) is 24.3 Å². The van der Waals surface area contributed by atoms with E-state index < -0.39 is 6.29 Å². The highest BCUT2D eigenvalue weighted by atomic mass is 16.6. The van der Waals surface area contributed by atoms with Gasteiger partial charge in [-0.15, -0.1) is 0 Å². The number of ether oxygens (including phenoxy) is 7. The number of methoxy groups -OCH3 is 6. The zero-order valence-electron chi connectivity index (χ0n) is 19.5. The summed E-state index contributed by atoms with van der Waals surface area (Å²) >= 11 is 0. The van der Waals surface area contributed by atoms with Crippen LogP contribution in [0.2, 0.25) is 0 Å². The fourth-order valence-corrected chi connectivity index (χ4v) is 4.31. The molecule has 1 fully saturated rings. The molecule has 176 valence electrons. The minimum Gasteiger partial charge on any atom is -0.493 e. The third-order valence-electron chi connectivity index (χ3n) is 5.92. The van der Waals surface area contributed by atoms with Crippen molar-refractivity contribution in [1.82, 2.24) is 0 Å². The second kappa shape index (κ2) is 10.7. The van der Waals surface area contributed by atoms with Crippen LogP contribution in [0, 0.1) is 11.8 Å². The van der Waals surface area contributed by atoms with Crippen molar-refractivity contribution in [1.29, 1.82) is 0 Å². The van der Waals surface area contributed by atoms with Gasteiger partial charge in [-0.05, 0) is 48.1 Å². The number of aliphatic hydroxyl groups is 1. The van der Waals surface area contributed by atoms with Crippen molar-refractivity contribution >= 4 is 0 Å². The number of rotatable bonds is 10. The van der Waals surface area contributed by atoms with E-state index in [0.717, 1.165) is 11.1 Å². The Kier molecular flexibility index (Phi) is 7.93. The van der Waals surface area contributed by atoms with Crippen LogP contribution >= 0.6 is 0 Å². The molecule has 0 amide bonds. The molecule has 32 heavy (non-hydrogen) atoms. The molecule has 0 bridgehead atoms. The first-order valence-corrected chi connectivity index (χ1v) is 10.4. The molecule has 0 aliphatic carbocycles. The quantitative estimate of drug-likeness (QED) is 0.594. The lowest BCUT2D eigenvalue weighted by Crippen LogP contribution is -2.24. The van der Waals surface area contributed by atoms with Gasteiger partial charge in [-0.3, -0.25) is 0 Å². The Balaban J connectivity index is 1.88. The van der Waals surface area contributed by atoms with Crippen molar-refractivity contribution in [2.45, 2.75) is 19.1 Å². The number of benzene rings is 2. The van der Waals surface area contributed by atoms with Crippen molar-refractivity contribution in [2.24, 2.45) is 11.8 Å². The normalized spacial score (nSPS) is 20.0. The third kappa shape index (κ3) is 4.66. The lowest BCUT2D eigenvalue weighted by molar-refractivity contribution is -0.0820. The molecular formula is C24H32O8. The van der Waals surface area contributed by atoms with Crippen LogP contribution in [0.15, 0.2) is 24.3 Å². The first-order chi connectivity index (χ1) is 15.5. The van der Waals surface area contributed by atoms with Gasteiger partial charge in [0.15, 0.2) is 29.3 Å². The Hall–Kier alpha value is -2.84. The van der Waals surface area contributed by atoms with Gasteiger partial charge in [0.05, 0.1) is 49.3 Å². The van der Waals surface area contributed by atoms with E-state index in [4.69, 9.17) is 33.2 Å². The molecule has 0 saturated carbocycles. The lowest BCUT2D eigenvalue weighted by atomic mass is 9.84. The summed E-state index contributed by atoms with van der Waals surface area (Å²) in [4.78, 5) is 0. The molecule has 0 unspecified atom stereocenters. The number of hydrogen-bond donors (Lipinski definition) is 1. The van der Waals surface area contributed by atoms with E-state index in [-0.39, 0.29) is 11.8 Å². The summed E-state index contributed by atoms with van der Waals surface area (Å²) < 4.78 is 38.5. The van der Waals surface area contributed by atoms with Crippen molar-refractivity contribution in [2.75, 3.05) is 49.3 Å². The Morgan fingerprint density at radius 1 is 0.750 bits per heavy atom. The first-order valence-electron chi connectivity index (χ1n) is 10.4. The van der Waals surface area contributed by atoms with Gasteiger partial charge >= 0.3 is 0 Å². The van der Waals surface area contributed by atoms with Gasteiger partial charge in [0.25, 0.3) is 0 Å². The topological polar surface area (TPSA) is 84.8 Å². The Morgan fingerprint density at radius 2 is 1.34 bits per heavy atom. The molecule has 0 aromatic heterocycles. The minimum atomic E-state index is -0.870. The zero-order chi connectivity index (χ0) is 23.3. The summed E-state index contributed by atoms with van der Waals surface area (Å²) in [7, 11) is 9.52. The van der Waals surface area contributed by atoms with Crippen LogP contribution in [0.5, 0.6) is 34.5 Å². The van der Waals surface area contributed by atoms with Crippen molar-refractivity contribution < 1.29 is 38.3 Å². The number of hydrogen-bond acceptors (Lipinski definition) is 8. The van der Waals surface area contributed by atoms with Crippen LogP contribution in [-0.4, -0.2) is 60.7 Å². The van der Waals surface area contributed by atoms with Crippen molar-refractivity contribution in [3.05, 3.63) is 35.4 Å². The van der Waals surface area contributed by atoms with E-state index in [1.165, 1.54) is 0 Å². The van der Waals surface area contributed by atoms with E-state index in [2.05, 4.69) is 0 Å². The molecule has 3 rings (SSSR count). The largest absolute Gasteiger partial charge is 0.493 e. The van der Waals surface area contributed by atoms with Crippen LogP contribution in [-0.2, 0) is 17.6 Å². The molecule has 2 aromatic rings. The Morgan fingerprint density at radius 3 is 1.88 bits per heavy atom. The molecule has 2 aromatic carbocycles. The summed E-state index contributed by atoms with van der Waals surface area (Å²) in [6.07, 6.45) is 0.360. The summed E-state index contributed by atoms with van der Waals surface area (Å²) in [6.45, 7) is 0.438. The SMILES string of the molecule is COc1cc(C[C@H]2[C@@H](Cc3ccc(OC)c(OC)c3OC)CO[C@H]2O)cc(OC)c1OC. The van der Waals surface area contributed by atoms with Gasteiger partial charge in [-0.25, -0.2) is 0 Å². The minimum absolute atomic E-state index is 0.0658. The van der Waals surface area contributed by atoms with E-state index >= 15 is 0 Å². The fraction of sp³-hybridized carbons (Fsp3) is 0.500. The standard InChI is InChI=1S/C24H32O8/c1-26-18-8-7-15(21(29-4)23(18)31-6)12-16-13-32-24(25)17(16)9-14-10-19(27-2)22(30-5)20(11-14)28-3/h7-8,10-11,16-17,24-25H,9,12-13H2,1-6H3/t16-,17-,24+/m0/s1. The van der Waals surface area contributed by atoms with Crippen LogP contribution in [0.25, 0.3) is 0 Å². The summed E-state index contributed by atoms with van der Waals surface area (Å²) in [5.41, 5.74) is 1.92. The average molecular weight is 449 g/mol. The highest BCUT2D eigenvalue weighted by Gasteiger charge is 2.37. The maximum absolute atomic E-state index is 10.6. The lowest BCUT2D eigenvalue weighted by Gasteiger charge is -2.23. The monoisotopic (exact) mass is 448 g/mol. The highest BCUT2D eigenvalue weighted by molar-refractivity contribution is 5.56. The molecule has 3 atom stereocenters. The predicted octanol–water partition coefficient (Wildman–Crippen LogP) is 3.10. The molecule has 1 aliphatic rings. The molecule has 1 aliphatic heterocycles. The average Bonchev–Trinajstić information content (AvgIpc) is 3.16. The van der Waals surface area contributed by atoms with E-state index in [9.17, 15) is 5.11 Å². The molecule has 0 radical (unpaired) electrons. The van der Waals surface area contributed by atoms with Crippen LogP contribution in [0.4, 0.5) is 0 Å². The van der Waals surface area contributed by atoms with Crippen molar-refractivity contribution in [3.8, 4) is 34.5 Å². The molecular weight excluding hydrogens is 416 g/mol. The predicted molar refractivity (Wildman–Crippen MR) is 119 cm³/mol. The summed E-state index contributed by atoms with van der Waals surface area (Å²) in [6, 6.07) is 7.62. The second-order valence-corrected chi connectivity index (χ2v) is 7.58. The zero-order valence-corrected chi connectivity index (χ0v) is 19.5. The molecule has 0 spiro atoms. The first kappa shape index (κ1) is 23.8. The van der Waals surface area contributed by atoms with Crippen LogP contribution in [0.1, 0.15) is 11.1 Å². The molecule has 8 heteroatoms. The van der Waals surface area contributed by atoms with Gasteiger partial charge in [0.1, 0.15) is 0 Å². The molecule has 1 saturated heterocycles. The van der Waals surface area contributed by atoms with E-state index in [1.54, 1.807) is 42.7 Å².